The van der Waals surface area contributed by atoms with Crippen molar-refractivity contribution in [1.29, 1.82) is 0 Å². The van der Waals surface area contributed by atoms with Gasteiger partial charge in [-0.3, -0.25) is 0 Å². The van der Waals surface area contributed by atoms with E-state index in [-0.39, 0.29) is 0 Å². The van der Waals surface area contributed by atoms with E-state index < -0.39 is 5.41 Å². The van der Waals surface area contributed by atoms with Gasteiger partial charge in [-0.2, -0.15) is 0 Å². The number of aromatic nitrogens is 1. The number of para-hydroxylation sites is 3. The molecule has 1 aliphatic rings. The highest BCUT2D eigenvalue weighted by Crippen LogP contribution is 2.56. The highest BCUT2D eigenvalue weighted by molar-refractivity contribution is 6.10. The maximum absolute atomic E-state index is 2.48. The molecule has 12 rings (SSSR count). The van der Waals surface area contributed by atoms with Crippen molar-refractivity contribution in [3.63, 3.8) is 0 Å². The fourth-order valence-corrected chi connectivity index (χ4v) is 10.3. The third-order valence-electron chi connectivity index (χ3n) is 13.1. The lowest BCUT2D eigenvalue weighted by molar-refractivity contribution is 0.767. The van der Waals surface area contributed by atoms with Crippen LogP contribution in [-0.2, 0) is 5.41 Å². The number of fused-ring (bicyclic) bond motifs is 6. The van der Waals surface area contributed by atoms with Crippen LogP contribution in [0.5, 0.6) is 0 Å². The van der Waals surface area contributed by atoms with Crippen LogP contribution >= 0.6 is 0 Å². The Morgan fingerprint density at radius 2 is 0.810 bits per heavy atom. The summed E-state index contributed by atoms with van der Waals surface area (Å²) < 4.78 is 2.48. The first kappa shape index (κ1) is 36.6. The Morgan fingerprint density at radius 3 is 1.49 bits per heavy atom. The van der Waals surface area contributed by atoms with Gasteiger partial charge in [0.1, 0.15) is 0 Å². The maximum Gasteiger partial charge on any atom is 0.0714 e. The Morgan fingerprint density at radius 1 is 0.302 bits per heavy atom. The summed E-state index contributed by atoms with van der Waals surface area (Å²) in [4.78, 5) is 2.30. The zero-order valence-electron chi connectivity index (χ0n) is 34.6. The highest BCUT2D eigenvalue weighted by atomic mass is 15.1. The molecule has 0 bridgehead atoms. The molecular formula is C61H42N2. The Bertz CT molecular complexity index is 3350. The number of rotatable bonds is 8. The van der Waals surface area contributed by atoms with Crippen molar-refractivity contribution in [2.45, 2.75) is 5.41 Å². The SMILES string of the molecule is c1ccc(N(c2ccccc2)c2ccc(-c3cccc(-c4ccc5c6ccccc6n(-c6ccc7c(c6)C(c6ccccc6)(c6ccccc6)c6ccccc6-7)c5c4)c3)cc2)cc1. The van der Waals surface area contributed by atoms with Gasteiger partial charge in [-0.15, -0.1) is 0 Å². The van der Waals surface area contributed by atoms with Gasteiger partial charge >= 0.3 is 0 Å². The van der Waals surface area contributed by atoms with Crippen LogP contribution in [0.15, 0.2) is 255 Å². The van der Waals surface area contributed by atoms with Crippen LogP contribution in [0.3, 0.4) is 0 Å². The lowest BCUT2D eigenvalue weighted by Gasteiger charge is -2.34. The number of hydrogen-bond donors (Lipinski definition) is 0. The fraction of sp³-hybridized carbons (Fsp3) is 0.0164. The second-order valence-electron chi connectivity index (χ2n) is 16.5. The molecule has 1 aliphatic carbocycles. The fourth-order valence-electron chi connectivity index (χ4n) is 10.3. The van der Waals surface area contributed by atoms with Gasteiger partial charge in [-0.1, -0.05) is 188 Å². The molecule has 0 N–H and O–H groups in total. The zero-order valence-corrected chi connectivity index (χ0v) is 34.6. The standard InChI is InChI=1S/C61H42N2/c1-5-20-47(21-6-1)61(48-22-7-2-8-23-48)57-30-15-13-28-53(57)54-39-37-52(42-58(54)61)63-59-31-16-14-29-55(59)56-38-34-46(41-60(56)63)45-19-17-18-44(40-45)43-32-35-51(36-33-43)62(49-24-9-3-10-25-49)50-26-11-4-12-27-50/h1-42H. The second kappa shape index (κ2) is 15.1. The van der Waals surface area contributed by atoms with Gasteiger partial charge in [0, 0.05) is 33.5 Å². The molecule has 0 spiro atoms. The van der Waals surface area contributed by atoms with Gasteiger partial charge in [-0.05, 0) is 122 Å². The molecule has 296 valence electrons. The molecule has 1 heterocycles. The van der Waals surface area contributed by atoms with E-state index in [1.54, 1.807) is 0 Å². The normalized spacial score (nSPS) is 12.6. The second-order valence-corrected chi connectivity index (χ2v) is 16.5. The molecule has 2 nitrogen and oxygen atoms in total. The molecule has 0 fully saturated rings. The van der Waals surface area contributed by atoms with Crippen molar-refractivity contribution in [3.05, 3.63) is 277 Å². The van der Waals surface area contributed by atoms with Crippen LogP contribution in [0.25, 0.3) is 60.9 Å². The van der Waals surface area contributed by atoms with Crippen LogP contribution in [0.4, 0.5) is 17.1 Å². The number of hydrogen-bond acceptors (Lipinski definition) is 1. The predicted octanol–water partition coefficient (Wildman–Crippen LogP) is 16.0. The summed E-state index contributed by atoms with van der Waals surface area (Å²) in [5.74, 6) is 0. The van der Waals surface area contributed by atoms with Crippen LogP contribution in [0, 0.1) is 0 Å². The van der Waals surface area contributed by atoms with Crippen LogP contribution < -0.4 is 4.90 Å². The minimum Gasteiger partial charge on any atom is -0.311 e. The van der Waals surface area contributed by atoms with Crippen LogP contribution in [0.2, 0.25) is 0 Å². The van der Waals surface area contributed by atoms with E-state index in [0.29, 0.717) is 0 Å². The average molecular weight is 803 g/mol. The summed E-state index contributed by atoms with van der Waals surface area (Å²) in [6.45, 7) is 0. The van der Waals surface area contributed by atoms with Gasteiger partial charge < -0.3 is 9.47 Å². The van der Waals surface area contributed by atoms with E-state index >= 15 is 0 Å². The summed E-state index contributed by atoms with van der Waals surface area (Å²) >= 11 is 0. The van der Waals surface area contributed by atoms with Crippen LogP contribution in [-0.4, -0.2) is 4.57 Å². The first-order valence-electron chi connectivity index (χ1n) is 21.8. The molecule has 0 amide bonds. The third kappa shape index (κ3) is 5.95. The quantitative estimate of drug-likeness (QED) is 0.149. The summed E-state index contributed by atoms with van der Waals surface area (Å²) in [7, 11) is 0. The van der Waals surface area contributed by atoms with E-state index in [1.165, 1.54) is 77.4 Å². The highest BCUT2D eigenvalue weighted by Gasteiger charge is 2.46. The molecule has 0 unspecified atom stereocenters. The Hall–Kier alpha value is -8.20. The topological polar surface area (TPSA) is 8.17 Å². The smallest absolute Gasteiger partial charge is 0.0714 e. The van der Waals surface area contributed by atoms with Gasteiger partial charge in [0.15, 0.2) is 0 Å². The number of benzene rings is 10. The van der Waals surface area contributed by atoms with E-state index in [4.69, 9.17) is 0 Å². The molecule has 63 heavy (non-hydrogen) atoms. The zero-order chi connectivity index (χ0) is 41.7. The largest absolute Gasteiger partial charge is 0.311 e. The third-order valence-corrected chi connectivity index (χ3v) is 13.1. The summed E-state index contributed by atoms with van der Waals surface area (Å²) in [6.07, 6.45) is 0. The molecule has 0 aliphatic heterocycles. The van der Waals surface area contributed by atoms with Crippen molar-refractivity contribution in [3.8, 4) is 39.1 Å². The Balaban J connectivity index is 0.980. The maximum atomic E-state index is 2.48. The van der Waals surface area contributed by atoms with Crippen molar-refractivity contribution in [1.82, 2.24) is 4.57 Å². The molecule has 0 radical (unpaired) electrons. The van der Waals surface area contributed by atoms with Gasteiger partial charge in [0.2, 0.25) is 0 Å². The van der Waals surface area contributed by atoms with Crippen molar-refractivity contribution >= 4 is 38.9 Å². The van der Waals surface area contributed by atoms with Gasteiger partial charge in [0.05, 0.1) is 16.4 Å². The summed E-state index contributed by atoms with van der Waals surface area (Å²) in [6, 6.07) is 93.1. The van der Waals surface area contributed by atoms with Gasteiger partial charge in [-0.25, -0.2) is 0 Å². The average Bonchev–Trinajstić information content (AvgIpc) is 3.85. The van der Waals surface area contributed by atoms with Crippen molar-refractivity contribution in [2.75, 3.05) is 4.90 Å². The van der Waals surface area contributed by atoms with Gasteiger partial charge in [0.25, 0.3) is 0 Å². The molecule has 0 saturated heterocycles. The first-order chi connectivity index (χ1) is 31.3. The van der Waals surface area contributed by atoms with E-state index in [9.17, 15) is 0 Å². The predicted molar refractivity (Wildman–Crippen MR) is 264 cm³/mol. The Labute approximate surface area is 368 Å². The lowest BCUT2D eigenvalue weighted by Crippen LogP contribution is -2.28. The first-order valence-corrected chi connectivity index (χ1v) is 21.8. The molecule has 2 heteroatoms. The minimum absolute atomic E-state index is 0.478. The van der Waals surface area contributed by atoms with Crippen LogP contribution in [0.1, 0.15) is 22.3 Å². The monoisotopic (exact) mass is 802 g/mol. The van der Waals surface area contributed by atoms with Crippen molar-refractivity contribution in [2.24, 2.45) is 0 Å². The molecule has 0 saturated carbocycles. The minimum atomic E-state index is -0.478. The van der Waals surface area contributed by atoms with E-state index in [0.717, 1.165) is 22.7 Å². The molecule has 10 aromatic carbocycles. The molecule has 11 aromatic rings. The molecule has 0 atom stereocenters. The van der Waals surface area contributed by atoms with E-state index in [1.807, 2.05) is 0 Å². The summed E-state index contributed by atoms with van der Waals surface area (Å²) in [5, 5.41) is 2.48. The lowest BCUT2D eigenvalue weighted by atomic mass is 9.67. The molecular weight excluding hydrogens is 761 g/mol. The van der Waals surface area contributed by atoms with E-state index in [2.05, 4.69) is 264 Å². The number of nitrogens with zero attached hydrogens (tertiary/aromatic N) is 2. The Kier molecular flexibility index (Phi) is 8.76. The van der Waals surface area contributed by atoms with Crippen molar-refractivity contribution < 1.29 is 0 Å². The molecule has 1 aromatic heterocycles. The number of anilines is 3. The summed E-state index contributed by atoms with van der Waals surface area (Å²) in [5.41, 5.74) is 18.9.